The van der Waals surface area contributed by atoms with Crippen LogP contribution in [0.2, 0.25) is 0 Å². The Morgan fingerprint density at radius 1 is 1.42 bits per heavy atom. The third-order valence-electron chi connectivity index (χ3n) is 4.13. The second kappa shape index (κ2) is 8.75. The van der Waals surface area contributed by atoms with Crippen LogP contribution in [-0.4, -0.2) is 60.8 Å². The number of β-amino-alcohol motifs (C(OH)–C–C–N with tert-alkyl or cyclic N) is 1. The predicted molar refractivity (Wildman–Crippen MR) is 85.7 cm³/mol. The molecule has 2 atom stereocenters. The number of aliphatic hydroxyl groups excluding tert-OH is 1. The highest BCUT2D eigenvalue weighted by Gasteiger charge is 2.30. The molecule has 1 aliphatic heterocycles. The number of carbonyl (C=O) groups is 2. The van der Waals surface area contributed by atoms with Gasteiger partial charge in [-0.2, -0.15) is 0 Å². The van der Waals surface area contributed by atoms with E-state index in [-0.39, 0.29) is 37.2 Å². The smallest absolute Gasteiger partial charge is 0.248 e. The van der Waals surface area contributed by atoms with Crippen LogP contribution in [0.1, 0.15) is 18.4 Å². The number of hydrogen-bond donors (Lipinski definition) is 2. The zero-order valence-electron chi connectivity index (χ0n) is 13.7. The Hall–Kier alpha value is -1.99. The maximum Gasteiger partial charge on any atom is 0.248 e. The minimum absolute atomic E-state index is 0.0214. The van der Waals surface area contributed by atoms with Crippen molar-refractivity contribution in [1.29, 1.82) is 0 Å². The average Bonchev–Trinajstić information content (AvgIpc) is 2.56. The molecule has 132 valence electrons. The topological polar surface area (TPSA) is 78.9 Å². The highest BCUT2D eigenvalue weighted by molar-refractivity contribution is 5.78. The molecule has 24 heavy (non-hydrogen) atoms. The predicted octanol–water partition coefficient (Wildman–Crippen LogP) is 0.483. The van der Waals surface area contributed by atoms with Crippen LogP contribution >= 0.6 is 0 Å². The third kappa shape index (κ3) is 5.01. The number of piperidine rings is 1. The van der Waals surface area contributed by atoms with Gasteiger partial charge in [0.25, 0.3) is 0 Å². The Bertz CT molecular complexity index is 581. The van der Waals surface area contributed by atoms with Gasteiger partial charge in [0.2, 0.25) is 11.8 Å². The summed E-state index contributed by atoms with van der Waals surface area (Å²) >= 11 is 0. The SMILES string of the molecule is COCC(=O)N1CC[C@@H](NC(=O)CCc2ccccc2F)[C@H](O)C1. The summed E-state index contributed by atoms with van der Waals surface area (Å²) in [5, 5.41) is 12.9. The number of nitrogens with zero attached hydrogens (tertiary/aromatic N) is 1. The van der Waals surface area contributed by atoms with Crippen LogP contribution in [0, 0.1) is 5.82 Å². The zero-order valence-corrected chi connectivity index (χ0v) is 13.7. The fourth-order valence-electron chi connectivity index (χ4n) is 2.77. The number of methoxy groups -OCH3 is 1. The molecule has 0 aliphatic carbocycles. The standard InChI is InChI=1S/C17H23FN2O4/c1-24-11-17(23)20-9-8-14(15(21)10-20)19-16(22)7-6-12-4-2-3-5-13(12)18/h2-5,14-15,21H,6-11H2,1H3,(H,19,22)/t14-,15-/m1/s1. The third-order valence-corrected chi connectivity index (χ3v) is 4.13. The van der Waals surface area contributed by atoms with Gasteiger partial charge in [0.1, 0.15) is 12.4 Å². The summed E-state index contributed by atoms with van der Waals surface area (Å²) in [5.74, 6) is -0.741. The van der Waals surface area contributed by atoms with Crippen LogP contribution in [0.25, 0.3) is 0 Å². The Labute approximate surface area is 140 Å². The normalized spacial score (nSPS) is 20.7. The molecule has 1 saturated heterocycles. The number of ether oxygens (including phenoxy) is 1. The number of benzene rings is 1. The highest BCUT2D eigenvalue weighted by atomic mass is 19.1. The van der Waals surface area contributed by atoms with E-state index in [9.17, 15) is 19.1 Å². The van der Waals surface area contributed by atoms with Crippen LogP contribution in [0.3, 0.4) is 0 Å². The molecule has 0 spiro atoms. The molecule has 1 fully saturated rings. The van der Waals surface area contributed by atoms with Gasteiger partial charge >= 0.3 is 0 Å². The molecule has 0 aromatic heterocycles. The van der Waals surface area contributed by atoms with Crippen LogP contribution in [-0.2, 0) is 20.7 Å². The first-order chi connectivity index (χ1) is 11.5. The van der Waals surface area contributed by atoms with Crippen LogP contribution in [0.4, 0.5) is 4.39 Å². The van der Waals surface area contributed by atoms with Gasteiger partial charge in [0, 0.05) is 26.6 Å². The van der Waals surface area contributed by atoms with Crippen molar-refractivity contribution in [2.24, 2.45) is 0 Å². The first-order valence-electron chi connectivity index (χ1n) is 7.98. The van der Waals surface area contributed by atoms with Crippen molar-refractivity contribution in [2.45, 2.75) is 31.4 Å². The number of hydrogen-bond acceptors (Lipinski definition) is 4. The lowest BCUT2D eigenvalue weighted by molar-refractivity contribution is -0.139. The molecule has 1 aromatic carbocycles. The van der Waals surface area contributed by atoms with E-state index < -0.39 is 12.1 Å². The molecule has 7 heteroatoms. The quantitative estimate of drug-likeness (QED) is 0.791. The lowest BCUT2D eigenvalue weighted by atomic mass is 10.0. The zero-order chi connectivity index (χ0) is 17.5. The molecule has 1 aromatic rings. The molecule has 0 bridgehead atoms. The van der Waals surface area contributed by atoms with E-state index in [0.717, 1.165) is 0 Å². The highest BCUT2D eigenvalue weighted by Crippen LogP contribution is 2.13. The molecule has 6 nitrogen and oxygen atoms in total. The van der Waals surface area contributed by atoms with Gasteiger partial charge < -0.3 is 20.1 Å². The number of likely N-dealkylation sites (tertiary alicyclic amines) is 1. The van der Waals surface area contributed by atoms with E-state index in [2.05, 4.69) is 5.32 Å². The molecule has 0 saturated carbocycles. The molecule has 2 N–H and O–H groups in total. The lowest BCUT2D eigenvalue weighted by Gasteiger charge is -2.36. The van der Waals surface area contributed by atoms with Crippen molar-refractivity contribution in [3.05, 3.63) is 35.6 Å². The number of carbonyl (C=O) groups excluding carboxylic acids is 2. The summed E-state index contributed by atoms with van der Waals surface area (Å²) in [5.41, 5.74) is 0.494. The molecular formula is C17H23FN2O4. The largest absolute Gasteiger partial charge is 0.389 e. The molecule has 1 heterocycles. The first kappa shape index (κ1) is 18.4. The Morgan fingerprint density at radius 2 is 2.17 bits per heavy atom. The van der Waals surface area contributed by atoms with Crippen LogP contribution in [0.5, 0.6) is 0 Å². The number of aliphatic hydroxyl groups is 1. The van der Waals surface area contributed by atoms with Gasteiger partial charge in [-0.1, -0.05) is 18.2 Å². The maximum absolute atomic E-state index is 13.5. The fourth-order valence-corrected chi connectivity index (χ4v) is 2.77. The number of halogens is 1. The fraction of sp³-hybridized carbons (Fsp3) is 0.529. The molecule has 1 aliphatic rings. The second-order valence-corrected chi connectivity index (χ2v) is 5.89. The van der Waals surface area contributed by atoms with Gasteiger partial charge in [0.15, 0.2) is 0 Å². The van der Waals surface area contributed by atoms with E-state index in [1.807, 2.05) is 0 Å². The van der Waals surface area contributed by atoms with Crippen molar-refractivity contribution >= 4 is 11.8 Å². The van der Waals surface area contributed by atoms with Gasteiger partial charge in [0.05, 0.1) is 12.1 Å². The van der Waals surface area contributed by atoms with E-state index >= 15 is 0 Å². The van der Waals surface area contributed by atoms with E-state index in [0.29, 0.717) is 24.9 Å². The number of amides is 2. The van der Waals surface area contributed by atoms with Crippen LogP contribution < -0.4 is 5.32 Å². The first-order valence-corrected chi connectivity index (χ1v) is 7.98. The summed E-state index contributed by atoms with van der Waals surface area (Å²) in [4.78, 5) is 25.3. The summed E-state index contributed by atoms with van der Waals surface area (Å²) < 4.78 is 18.3. The van der Waals surface area contributed by atoms with Crippen molar-refractivity contribution in [3.63, 3.8) is 0 Å². The molecule has 2 rings (SSSR count). The van der Waals surface area contributed by atoms with E-state index in [4.69, 9.17) is 4.74 Å². The Kier molecular flexibility index (Phi) is 6.69. The summed E-state index contributed by atoms with van der Waals surface area (Å²) in [6.07, 6.45) is 0.107. The second-order valence-electron chi connectivity index (χ2n) is 5.89. The van der Waals surface area contributed by atoms with Gasteiger partial charge in [-0.25, -0.2) is 4.39 Å². The minimum atomic E-state index is -0.822. The monoisotopic (exact) mass is 338 g/mol. The van der Waals surface area contributed by atoms with E-state index in [1.54, 1.807) is 18.2 Å². The van der Waals surface area contributed by atoms with Crippen molar-refractivity contribution in [1.82, 2.24) is 10.2 Å². The maximum atomic E-state index is 13.5. The van der Waals surface area contributed by atoms with Crippen molar-refractivity contribution in [2.75, 3.05) is 26.8 Å². The number of aryl methyl sites for hydroxylation is 1. The molecule has 0 radical (unpaired) electrons. The summed E-state index contributed by atoms with van der Waals surface area (Å²) in [7, 11) is 1.44. The van der Waals surface area contributed by atoms with E-state index in [1.165, 1.54) is 18.1 Å². The average molecular weight is 338 g/mol. The van der Waals surface area contributed by atoms with Gasteiger partial charge in [-0.05, 0) is 24.5 Å². The Balaban J connectivity index is 1.78. The summed E-state index contributed by atoms with van der Waals surface area (Å²) in [6, 6.07) is 5.95. The molecule has 2 amide bonds. The van der Waals surface area contributed by atoms with Crippen LogP contribution in [0.15, 0.2) is 24.3 Å². The minimum Gasteiger partial charge on any atom is -0.389 e. The Morgan fingerprint density at radius 3 is 2.83 bits per heavy atom. The molecule has 0 unspecified atom stereocenters. The van der Waals surface area contributed by atoms with Crippen molar-refractivity contribution < 1.29 is 23.8 Å². The lowest BCUT2D eigenvalue weighted by Crippen LogP contribution is -2.55. The van der Waals surface area contributed by atoms with Crippen molar-refractivity contribution in [3.8, 4) is 0 Å². The number of nitrogens with one attached hydrogen (secondary N) is 1. The van der Waals surface area contributed by atoms with Gasteiger partial charge in [-0.15, -0.1) is 0 Å². The number of rotatable bonds is 6. The molecular weight excluding hydrogens is 315 g/mol. The van der Waals surface area contributed by atoms with Gasteiger partial charge in [-0.3, -0.25) is 9.59 Å². The summed E-state index contributed by atoms with van der Waals surface area (Å²) in [6.45, 7) is 0.602.